The minimum Gasteiger partial charge on any atom is -0.465 e. The molecule has 10 nitrogen and oxygen atoms in total. The summed E-state index contributed by atoms with van der Waals surface area (Å²) in [6.45, 7) is 1.27. The van der Waals surface area contributed by atoms with Crippen LogP contribution in [0.2, 0.25) is 0 Å². The molecule has 0 atom stereocenters. The molecule has 0 saturated carbocycles. The van der Waals surface area contributed by atoms with E-state index in [2.05, 4.69) is 19.5 Å². The number of ether oxygens (including phenoxy) is 2. The molecule has 1 saturated heterocycles. The van der Waals surface area contributed by atoms with Gasteiger partial charge in [-0.1, -0.05) is 18.2 Å². The Labute approximate surface area is 198 Å². The third-order valence-electron chi connectivity index (χ3n) is 5.39. The van der Waals surface area contributed by atoms with Crippen LogP contribution < -0.4 is 10.0 Å². The Morgan fingerprint density at radius 3 is 2.03 bits per heavy atom. The van der Waals surface area contributed by atoms with Gasteiger partial charge in [-0.2, -0.15) is 0 Å². The highest BCUT2D eigenvalue weighted by Gasteiger charge is 2.27. The van der Waals surface area contributed by atoms with Crippen LogP contribution in [-0.2, 0) is 24.3 Å². The number of sulfonamides is 1. The summed E-state index contributed by atoms with van der Waals surface area (Å²) in [7, 11) is -1.71. The van der Waals surface area contributed by atoms with Gasteiger partial charge in [0, 0.05) is 24.8 Å². The first-order chi connectivity index (χ1) is 16.2. The molecule has 0 aliphatic carbocycles. The van der Waals surface area contributed by atoms with Crippen LogP contribution in [0, 0.1) is 0 Å². The predicted octanol–water partition coefficient (Wildman–Crippen LogP) is 1.64. The van der Waals surface area contributed by atoms with Crippen molar-refractivity contribution >= 4 is 33.6 Å². The number of nitrogens with one attached hydrogen (secondary N) is 2. The number of methoxy groups -OCH3 is 2. The van der Waals surface area contributed by atoms with Gasteiger partial charge >= 0.3 is 11.9 Å². The van der Waals surface area contributed by atoms with Crippen molar-refractivity contribution in [3.05, 3.63) is 59.7 Å². The summed E-state index contributed by atoms with van der Waals surface area (Å²) < 4.78 is 37.9. The van der Waals surface area contributed by atoms with E-state index in [1.807, 2.05) is 23.1 Å². The van der Waals surface area contributed by atoms with Crippen molar-refractivity contribution in [1.29, 1.82) is 0 Å². The average Bonchev–Trinajstić information content (AvgIpc) is 2.84. The minimum absolute atomic E-state index is 0.0787. The molecule has 3 rings (SSSR count). The topological polar surface area (TPSA) is 131 Å². The van der Waals surface area contributed by atoms with Crippen molar-refractivity contribution < 1.29 is 32.3 Å². The molecular formula is C23H27N3O7S. The van der Waals surface area contributed by atoms with E-state index in [0.29, 0.717) is 25.9 Å². The first-order valence-electron chi connectivity index (χ1n) is 10.6. The molecule has 2 N–H and O–H groups in total. The number of nitrogens with zero attached hydrogens (tertiary/aromatic N) is 1. The van der Waals surface area contributed by atoms with Crippen molar-refractivity contribution in [3.63, 3.8) is 0 Å². The van der Waals surface area contributed by atoms with Gasteiger partial charge in [0.15, 0.2) is 0 Å². The summed E-state index contributed by atoms with van der Waals surface area (Å²) in [4.78, 5) is 37.9. The van der Waals surface area contributed by atoms with Crippen LogP contribution in [0.3, 0.4) is 0 Å². The van der Waals surface area contributed by atoms with Crippen LogP contribution in [-0.4, -0.2) is 71.1 Å². The van der Waals surface area contributed by atoms with Gasteiger partial charge in [0.1, 0.15) is 0 Å². The zero-order valence-corrected chi connectivity index (χ0v) is 19.8. The lowest BCUT2D eigenvalue weighted by Crippen LogP contribution is -2.46. The lowest BCUT2D eigenvalue weighted by atomic mass is 10.1. The highest BCUT2D eigenvalue weighted by atomic mass is 32.2. The van der Waals surface area contributed by atoms with E-state index in [9.17, 15) is 22.8 Å². The van der Waals surface area contributed by atoms with Gasteiger partial charge in [0.05, 0.1) is 36.8 Å². The summed E-state index contributed by atoms with van der Waals surface area (Å²) in [6.07, 6.45) is 0.997. The fourth-order valence-corrected chi connectivity index (χ4v) is 5.02. The third kappa shape index (κ3) is 6.62. The van der Waals surface area contributed by atoms with Crippen molar-refractivity contribution in [2.45, 2.75) is 23.8 Å². The normalized spacial score (nSPS) is 14.9. The SMILES string of the molecule is COC(=O)c1cc(C(=O)OC)cc(S(=O)(=O)NC2CCN(CC(=O)Nc3ccccc3)CC2)c1. The predicted molar refractivity (Wildman–Crippen MR) is 124 cm³/mol. The summed E-state index contributed by atoms with van der Waals surface area (Å²) in [6, 6.07) is 12.3. The lowest BCUT2D eigenvalue weighted by molar-refractivity contribution is -0.117. The van der Waals surface area contributed by atoms with E-state index in [-0.39, 0.29) is 34.5 Å². The fraction of sp³-hybridized carbons (Fsp3) is 0.348. The molecule has 1 fully saturated rings. The molecule has 1 aliphatic rings. The highest BCUT2D eigenvalue weighted by molar-refractivity contribution is 7.89. The molecule has 0 bridgehead atoms. The first-order valence-corrected chi connectivity index (χ1v) is 12.1. The average molecular weight is 490 g/mol. The maximum atomic E-state index is 13.0. The minimum atomic E-state index is -4.03. The van der Waals surface area contributed by atoms with Crippen LogP contribution in [0.25, 0.3) is 0 Å². The molecule has 1 heterocycles. The van der Waals surface area contributed by atoms with Gasteiger partial charge in [0.2, 0.25) is 15.9 Å². The van der Waals surface area contributed by atoms with Crippen LogP contribution in [0.5, 0.6) is 0 Å². The first kappa shape index (κ1) is 25.3. The molecule has 0 aromatic heterocycles. The fourth-order valence-electron chi connectivity index (χ4n) is 3.65. The molecule has 34 heavy (non-hydrogen) atoms. The monoisotopic (exact) mass is 489 g/mol. The number of carbonyl (C=O) groups is 3. The van der Waals surface area contributed by atoms with E-state index < -0.39 is 22.0 Å². The number of esters is 2. The Morgan fingerprint density at radius 1 is 0.941 bits per heavy atom. The van der Waals surface area contributed by atoms with Gasteiger partial charge < -0.3 is 14.8 Å². The second-order valence-corrected chi connectivity index (χ2v) is 9.53. The second-order valence-electron chi connectivity index (χ2n) is 7.82. The quantitative estimate of drug-likeness (QED) is 0.535. The number of hydrogen-bond acceptors (Lipinski definition) is 8. The number of benzene rings is 2. The summed E-state index contributed by atoms with van der Waals surface area (Å²) in [5.74, 6) is -1.69. The molecule has 2 aromatic carbocycles. The molecule has 0 radical (unpaired) electrons. The molecule has 2 aromatic rings. The molecule has 1 aliphatic heterocycles. The Kier molecular flexibility index (Phi) is 8.37. The van der Waals surface area contributed by atoms with Gasteiger partial charge in [-0.3, -0.25) is 9.69 Å². The Balaban J connectivity index is 1.62. The smallest absolute Gasteiger partial charge is 0.337 e. The van der Waals surface area contributed by atoms with Crippen LogP contribution in [0.1, 0.15) is 33.6 Å². The number of amides is 1. The van der Waals surface area contributed by atoms with Crippen LogP contribution in [0.15, 0.2) is 53.4 Å². The summed E-state index contributed by atoms with van der Waals surface area (Å²) in [5, 5.41) is 2.83. The number of hydrogen-bond donors (Lipinski definition) is 2. The summed E-state index contributed by atoms with van der Waals surface area (Å²) >= 11 is 0. The Hall–Kier alpha value is -3.28. The largest absolute Gasteiger partial charge is 0.465 e. The van der Waals surface area contributed by atoms with Crippen LogP contribution in [0.4, 0.5) is 5.69 Å². The molecular weight excluding hydrogens is 462 g/mol. The Morgan fingerprint density at radius 2 is 1.50 bits per heavy atom. The number of rotatable bonds is 8. The number of anilines is 1. The lowest BCUT2D eigenvalue weighted by Gasteiger charge is -2.31. The van der Waals surface area contributed by atoms with E-state index in [1.165, 1.54) is 6.07 Å². The van der Waals surface area contributed by atoms with E-state index in [4.69, 9.17) is 0 Å². The maximum absolute atomic E-state index is 13.0. The van der Waals surface area contributed by atoms with E-state index >= 15 is 0 Å². The van der Waals surface area contributed by atoms with E-state index in [0.717, 1.165) is 32.0 Å². The number of piperidine rings is 1. The highest BCUT2D eigenvalue weighted by Crippen LogP contribution is 2.20. The molecule has 11 heteroatoms. The van der Waals surface area contributed by atoms with Crippen LogP contribution >= 0.6 is 0 Å². The molecule has 182 valence electrons. The number of para-hydroxylation sites is 1. The van der Waals surface area contributed by atoms with Crippen molar-refractivity contribution in [2.24, 2.45) is 0 Å². The molecule has 0 spiro atoms. The summed E-state index contributed by atoms with van der Waals surface area (Å²) in [5.41, 5.74) is 0.561. The molecule has 0 unspecified atom stereocenters. The van der Waals surface area contributed by atoms with Gasteiger partial charge in [-0.05, 0) is 43.2 Å². The van der Waals surface area contributed by atoms with Crippen molar-refractivity contribution in [1.82, 2.24) is 9.62 Å². The van der Waals surface area contributed by atoms with Crippen molar-refractivity contribution in [2.75, 3.05) is 39.2 Å². The standard InChI is InChI=1S/C23H27N3O7S/c1-32-22(28)16-12-17(23(29)33-2)14-20(13-16)34(30,31)25-19-8-10-26(11-9-19)15-21(27)24-18-6-4-3-5-7-18/h3-7,12-14,19,25H,8-11,15H2,1-2H3,(H,24,27). The van der Waals surface area contributed by atoms with Gasteiger partial charge in [-0.15, -0.1) is 0 Å². The van der Waals surface area contributed by atoms with Gasteiger partial charge in [-0.25, -0.2) is 22.7 Å². The third-order valence-corrected chi connectivity index (χ3v) is 6.89. The van der Waals surface area contributed by atoms with Crippen molar-refractivity contribution in [3.8, 4) is 0 Å². The maximum Gasteiger partial charge on any atom is 0.337 e. The van der Waals surface area contributed by atoms with Gasteiger partial charge in [0.25, 0.3) is 0 Å². The number of carbonyl (C=O) groups excluding carboxylic acids is 3. The van der Waals surface area contributed by atoms with E-state index in [1.54, 1.807) is 12.1 Å². The Bertz CT molecular complexity index is 1110. The second kappa shape index (κ2) is 11.2. The zero-order chi connectivity index (χ0) is 24.7. The molecule has 1 amide bonds. The number of likely N-dealkylation sites (tertiary alicyclic amines) is 1. The zero-order valence-electron chi connectivity index (χ0n) is 18.9.